The van der Waals surface area contributed by atoms with Crippen molar-refractivity contribution in [2.45, 2.75) is 40.0 Å². The molecule has 7 rings (SSSR count). The third kappa shape index (κ3) is 7.85. The smallest absolute Gasteiger partial charge is 0.204 e. The number of hydrogen-bond donors (Lipinski definition) is 7. The van der Waals surface area contributed by atoms with Crippen LogP contribution in [0, 0.1) is 12.8 Å². The first-order valence-corrected chi connectivity index (χ1v) is 19.4. The molecule has 0 amide bonds. The summed E-state index contributed by atoms with van der Waals surface area (Å²) in [6.45, 7) is 9.52. The van der Waals surface area contributed by atoms with Crippen molar-refractivity contribution in [2.24, 2.45) is 5.92 Å². The maximum absolute atomic E-state index is 11.9. The summed E-state index contributed by atoms with van der Waals surface area (Å²) in [4.78, 5) is 0. The lowest BCUT2D eigenvalue weighted by Gasteiger charge is -2.25. The van der Waals surface area contributed by atoms with Gasteiger partial charge in [-0.2, -0.15) is 0 Å². The van der Waals surface area contributed by atoms with Crippen LogP contribution >= 0.6 is 0 Å². The molecule has 59 heavy (non-hydrogen) atoms. The molecule has 5 aromatic rings. The summed E-state index contributed by atoms with van der Waals surface area (Å²) in [6, 6.07) is 29.3. The fourth-order valence-corrected chi connectivity index (χ4v) is 7.85. The van der Waals surface area contributed by atoms with Crippen molar-refractivity contribution < 1.29 is 40.5 Å². The predicted molar refractivity (Wildman–Crippen MR) is 236 cm³/mol. The molecule has 0 aliphatic heterocycles. The van der Waals surface area contributed by atoms with Crippen molar-refractivity contribution in [3.05, 3.63) is 214 Å². The minimum atomic E-state index is -1.02. The van der Waals surface area contributed by atoms with E-state index in [0.29, 0.717) is 40.2 Å². The molecule has 0 fully saturated rings. The molecular formula is C51H46O8. The number of rotatable bonds is 9. The Morgan fingerprint density at radius 3 is 2.20 bits per heavy atom. The van der Waals surface area contributed by atoms with E-state index in [1.165, 1.54) is 0 Å². The third-order valence-corrected chi connectivity index (χ3v) is 10.8. The molecule has 0 saturated carbocycles. The zero-order chi connectivity index (χ0) is 42.0. The van der Waals surface area contributed by atoms with Crippen LogP contribution in [0.3, 0.4) is 0 Å². The number of fused-ring (bicyclic) bond motifs is 2. The van der Waals surface area contributed by atoms with Gasteiger partial charge in [-0.25, -0.2) is 0 Å². The Kier molecular flexibility index (Phi) is 11.3. The highest BCUT2D eigenvalue weighted by Crippen LogP contribution is 2.48. The van der Waals surface area contributed by atoms with E-state index >= 15 is 0 Å². The summed E-state index contributed by atoms with van der Waals surface area (Å²) in [5.74, 6) is -4.43. The van der Waals surface area contributed by atoms with Gasteiger partial charge >= 0.3 is 0 Å². The molecule has 0 spiro atoms. The summed E-state index contributed by atoms with van der Waals surface area (Å²) in [5.41, 5.74) is 5.56. The van der Waals surface area contributed by atoms with Crippen LogP contribution in [0.15, 0.2) is 191 Å². The SMILES string of the molecule is C=C(O)/C(O)=C(O)\C(=C1/CC(O)=C(O)C(O)=C1O)c1c2ccccc2c(-c2cccc(OC(/C=C3/C=CC=CC(C)C3)=C/C)c2C)c2ccc(Cc3ccccc3)cc12. The predicted octanol–water partition coefficient (Wildman–Crippen LogP) is 13.1. The van der Waals surface area contributed by atoms with Gasteiger partial charge in [0.05, 0.1) is 0 Å². The topological polar surface area (TPSA) is 151 Å². The maximum atomic E-state index is 11.9. The van der Waals surface area contributed by atoms with Gasteiger partial charge in [0, 0.05) is 23.1 Å². The molecule has 0 aromatic heterocycles. The highest BCUT2D eigenvalue weighted by Gasteiger charge is 2.32. The van der Waals surface area contributed by atoms with Gasteiger partial charge in [-0.05, 0) is 106 Å². The lowest BCUT2D eigenvalue weighted by atomic mass is 9.81. The molecule has 0 heterocycles. The maximum Gasteiger partial charge on any atom is 0.204 e. The second-order valence-electron chi connectivity index (χ2n) is 14.9. The van der Waals surface area contributed by atoms with Gasteiger partial charge < -0.3 is 40.5 Å². The molecular weight excluding hydrogens is 741 g/mol. The standard InChI is InChI=1S/C51H46O8/c1-5-35(26-33-17-10-9-14-29(2)24-33)59-43-21-13-20-36(30(43)3)44-37-18-11-12-19-38(37)45(40-27-34(22-23-39(40)44)25-32-15-7-6-8-16-32)46(50(57)47(54)31(4)52)41-28-42(53)49(56)51(58)48(41)55/h5-23,26-27,29,52-58H,4,24-25,28H2,1-3H3/b33-26-,35-5+,46-41+,50-47-. The molecule has 8 nitrogen and oxygen atoms in total. The minimum absolute atomic E-state index is 0.206. The number of ether oxygens (including phenoxy) is 1. The van der Waals surface area contributed by atoms with Crippen LogP contribution < -0.4 is 4.74 Å². The second kappa shape index (κ2) is 16.6. The first-order chi connectivity index (χ1) is 28.4. The third-order valence-electron chi connectivity index (χ3n) is 10.8. The summed E-state index contributed by atoms with van der Waals surface area (Å²) in [7, 11) is 0. The van der Waals surface area contributed by atoms with Gasteiger partial charge in [0.15, 0.2) is 28.8 Å². The fourth-order valence-electron chi connectivity index (χ4n) is 7.85. The van der Waals surface area contributed by atoms with Crippen molar-refractivity contribution in [1.29, 1.82) is 0 Å². The van der Waals surface area contributed by atoms with Gasteiger partial charge in [0.1, 0.15) is 17.3 Å². The van der Waals surface area contributed by atoms with Crippen LogP contribution in [0.1, 0.15) is 48.9 Å². The van der Waals surface area contributed by atoms with Crippen molar-refractivity contribution >= 4 is 27.1 Å². The van der Waals surface area contributed by atoms with Gasteiger partial charge in [-0.15, -0.1) is 0 Å². The molecule has 7 N–H and O–H groups in total. The van der Waals surface area contributed by atoms with E-state index in [4.69, 9.17) is 4.74 Å². The number of aliphatic hydroxyl groups excluding tert-OH is 7. The Morgan fingerprint density at radius 2 is 1.47 bits per heavy atom. The fraction of sp³-hybridized carbons (Fsp3) is 0.137. The molecule has 0 bridgehead atoms. The highest BCUT2D eigenvalue weighted by atomic mass is 16.5. The molecule has 8 heteroatoms. The van der Waals surface area contributed by atoms with Crippen LogP contribution in [-0.2, 0) is 6.42 Å². The van der Waals surface area contributed by atoms with E-state index < -0.39 is 46.7 Å². The average molecular weight is 787 g/mol. The molecule has 298 valence electrons. The van der Waals surface area contributed by atoms with Gasteiger partial charge in [-0.1, -0.05) is 123 Å². The Hall–Kier alpha value is -7.32. The Balaban J connectivity index is 1.54. The van der Waals surface area contributed by atoms with Crippen molar-refractivity contribution in [2.75, 3.05) is 0 Å². The van der Waals surface area contributed by atoms with Gasteiger partial charge in [0.2, 0.25) is 5.76 Å². The first kappa shape index (κ1) is 39.9. The van der Waals surface area contributed by atoms with Crippen LogP contribution in [-0.4, -0.2) is 35.7 Å². The molecule has 2 aliphatic carbocycles. The number of allylic oxidation sites excluding steroid dienone is 10. The van der Waals surface area contributed by atoms with E-state index in [1.807, 2.05) is 117 Å². The number of benzene rings is 5. The average Bonchev–Trinajstić information content (AvgIpc) is 3.45. The summed E-state index contributed by atoms with van der Waals surface area (Å²) in [5, 5.41) is 79.2. The zero-order valence-corrected chi connectivity index (χ0v) is 33.1. The summed E-state index contributed by atoms with van der Waals surface area (Å²) in [6.07, 6.45) is 13.3. The van der Waals surface area contributed by atoms with Crippen molar-refractivity contribution in [3.63, 3.8) is 0 Å². The molecule has 1 atom stereocenters. The minimum Gasteiger partial charge on any atom is -0.508 e. The van der Waals surface area contributed by atoms with E-state index in [0.717, 1.165) is 50.6 Å². The van der Waals surface area contributed by atoms with Crippen LogP contribution in [0.5, 0.6) is 5.75 Å². The van der Waals surface area contributed by atoms with Crippen LogP contribution in [0.25, 0.3) is 38.2 Å². The number of hydrogen-bond acceptors (Lipinski definition) is 8. The van der Waals surface area contributed by atoms with Gasteiger partial charge in [0.25, 0.3) is 0 Å². The van der Waals surface area contributed by atoms with Crippen LogP contribution in [0.2, 0.25) is 0 Å². The van der Waals surface area contributed by atoms with Crippen molar-refractivity contribution in [3.8, 4) is 16.9 Å². The lowest BCUT2D eigenvalue weighted by Crippen LogP contribution is -2.12. The molecule has 1 unspecified atom stereocenters. The van der Waals surface area contributed by atoms with Crippen molar-refractivity contribution in [1.82, 2.24) is 0 Å². The summed E-state index contributed by atoms with van der Waals surface area (Å²) < 4.78 is 6.63. The van der Waals surface area contributed by atoms with Crippen LogP contribution in [0.4, 0.5) is 0 Å². The first-order valence-electron chi connectivity index (χ1n) is 19.4. The molecule has 2 aliphatic rings. The van der Waals surface area contributed by atoms with E-state index in [9.17, 15) is 35.7 Å². The molecule has 0 radical (unpaired) electrons. The molecule has 5 aromatic carbocycles. The van der Waals surface area contributed by atoms with E-state index in [2.05, 4.69) is 37.8 Å². The Morgan fingerprint density at radius 1 is 0.763 bits per heavy atom. The Labute approximate surface area is 342 Å². The Bertz CT molecular complexity index is 2770. The molecule has 0 saturated heterocycles. The number of aliphatic hydroxyl groups is 7. The van der Waals surface area contributed by atoms with E-state index in [-0.39, 0.29) is 11.1 Å². The largest absolute Gasteiger partial charge is 0.508 e. The lowest BCUT2D eigenvalue weighted by molar-refractivity contribution is 0.245. The van der Waals surface area contributed by atoms with E-state index in [1.54, 1.807) is 0 Å². The summed E-state index contributed by atoms with van der Waals surface area (Å²) >= 11 is 0. The second-order valence-corrected chi connectivity index (χ2v) is 14.9. The normalized spacial score (nSPS) is 18.1. The zero-order valence-electron chi connectivity index (χ0n) is 33.1. The van der Waals surface area contributed by atoms with Gasteiger partial charge in [-0.3, -0.25) is 0 Å². The quantitative estimate of drug-likeness (QED) is 0.0443. The monoisotopic (exact) mass is 786 g/mol. The highest BCUT2D eigenvalue weighted by molar-refractivity contribution is 6.20.